The third-order valence-electron chi connectivity index (χ3n) is 4.52. The Balaban J connectivity index is 1.78. The zero-order valence-corrected chi connectivity index (χ0v) is 19.7. The van der Waals surface area contributed by atoms with Crippen molar-refractivity contribution >= 4 is 45.9 Å². The van der Waals surface area contributed by atoms with Crippen LogP contribution in [-0.4, -0.2) is 23.4 Å². The summed E-state index contributed by atoms with van der Waals surface area (Å²) >= 11 is 3.92. The Kier molecular flexibility index (Phi) is 8.39. The summed E-state index contributed by atoms with van der Waals surface area (Å²) in [5, 5.41) is 8.77. The van der Waals surface area contributed by atoms with Crippen LogP contribution in [0.4, 0.5) is 0 Å². The molecule has 0 saturated heterocycles. The van der Waals surface area contributed by atoms with Crippen molar-refractivity contribution in [1.82, 2.24) is 0 Å². The lowest BCUT2D eigenvalue weighted by atomic mass is 9.96. The fraction of sp³-hybridized carbons (Fsp3) is 0.160. The highest BCUT2D eigenvalue weighted by molar-refractivity contribution is 14.1. The summed E-state index contributed by atoms with van der Waals surface area (Å²) in [7, 11) is 0. The highest BCUT2D eigenvalue weighted by atomic mass is 127. The van der Waals surface area contributed by atoms with Gasteiger partial charge in [-0.05, 0) is 69.5 Å². The van der Waals surface area contributed by atoms with Crippen molar-refractivity contribution in [3.8, 4) is 5.75 Å². The zero-order valence-electron chi connectivity index (χ0n) is 16.7. The number of carboxylic acid groups (broad SMARTS) is 1. The molecule has 3 rings (SSSR count). The maximum atomic E-state index is 10.7. The molecule has 0 unspecified atom stereocenters. The summed E-state index contributed by atoms with van der Waals surface area (Å²) < 4.78 is 6.21. The summed E-state index contributed by atoms with van der Waals surface area (Å²) in [6.45, 7) is 1.84. The van der Waals surface area contributed by atoms with E-state index >= 15 is 0 Å². The summed E-state index contributed by atoms with van der Waals surface area (Å²) in [5.74, 6) is 0.445. The molecular weight excluding hydrogens is 507 g/mol. The van der Waals surface area contributed by atoms with Gasteiger partial charge in [0, 0.05) is 10.6 Å². The van der Waals surface area contributed by atoms with E-state index in [0.717, 1.165) is 20.6 Å². The number of carboxylic acids is 1. The first kappa shape index (κ1) is 22.4. The Bertz CT molecular complexity index is 1030. The van der Waals surface area contributed by atoms with Gasteiger partial charge in [-0.25, -0.2) is 4.79 Å². The van der Waals surface area contributed by atoms with E-state index in [-0.39, 0.29) is 6.61 Å². The van der Waals surface area contributed by atoms with Crippen LogP contribution in [0.1, 0.15) is 23.6 Å². The van der Waals surface area contributed by atoms with Crippen molar-refractivity contribution in [2.45, 2.75) is 18.2 Å². The van der Waals surface area contributed by atoms with E-state index in [9.17, 15) is 4.79 Å². The lowest BCUT2D eigenvalue weighted by Gasteiger charge is -2.11. The predicted molar refractivity (Wildman–Crippen MR) is 132 cm³/mol. The van der Waals surface area contributed by atoms with Gasteiger partial charge in [-0.2, -0.15) is 0 Å². The van der Waals surface area contributed by atoms with Gasteiger partial charge < -0.3 is 9.84 Å². The molecular formula is C25H23IO3S. The lowest BCUT2D eigenvalue weighted by molar-refractivity contribution is -0.139. The monoisotopic (exact) mass is 530 g/mol. The Labute approximate surface area is 195 Å². The highest BCUT2D eigenvalue weighted by Crippen LogP contribution is 2.30. The first-order valence-corrected chi connectivity index (χ1v) is 11.7. The minimum Gasteiger partial charge on any atom is -0.481 e. The van der Waals surface area contributed by atoms with Crippen LogP contribution >= 0.6 is 34.4 Å². The number of thioether (sulfide) groups is 1. The van der Waals surface area contributed by atoms with Crippen LogP contribution in [0.5, 0.6) is 5.75 Å². The molecule has 3 aromatic rings. The fourth-order valence-electron chi connectivity index (χ4n) is 3.03. The molecule has 3 aromatic carbocycles. The molecule has 0 heterocycles. The van der Waals surface area contributed by atoms with Crippen LogP contribution in [-0.2, 0) is 11.2 Å². The molecule has 154 valence electrons. The van der Waals surface area contributed by atoms with Crippen LogP contribution < -0.4 is 4.74 Å². The number of hydrogen-bond acceptors (Lipinski definition) is 3. The number of carbonyl (C=O) groups is 1. The minimum absolute atomic E-state index is 0.331. The van der Waals surface area contributed by atoms with Crippen LogP contribution in [0.2, 0.25) is 0 Å². The highest BCUT2D eigenvalue weighted by Gasteiger charge is 2.08. The molecule has 0 fully saturated rings. The van der Waals surface area contributed by atoms with Crippen molar-refractivity contribution < 1.29 is 14.6 Å². The number of aryl methyl sites for hydroxylation is 1. The molecule has 0 aromatic heterocycles. The molecule has 3 nitrogen and oxygen atoms in total. The van der Waals surface area contributed by atoms with E-state index in [0.29, 0.717) is 5.75 Å². The quantitative estimate of drug-likeness (QED) is 0.252. The maximum Gasteiger partial charge on any atom is 0.341 e. The molecule has 0 aliphatic rings. The van der Waals surface area contributed by atoms with Gasteiger partial charge in [0.25, 0.3) is 0 Å². The first-order chi connectivity index (χ1) is 14.6. The number of ether oxygens (including phenoxy) is 1. The SMILES string of the molecule is CCc1cccc(/C(=C\CSc2ccc(OCC(=O)O)c(I)c2)c2ccccc2)c1. The van der Waals surface area contributed by atoms with Crippen LogP contribution in [0.15, 0.2) is 83.8 Å². The van der Waals surface area contributed by atoms with Crippen molar-refractivity contribution in [3.05, 3.63) is 99.1 Å². The average molecular weight is 530 g/mol. The van der Waals surface area contributed by atoms with E-state index in [4.69, 9.17) is 9.84 Å². The maximum absolute atomic E-state index is 10.7. The fourth-order valence-corrected chi connectivity index (χ4v) is 4.72. The number of rotatable bonds is 9. The molecule has 0 aliphatic heterocycles. The number of halogens is 1. The normalized spacial score (nSPS) is 11.3. The molecule has 0 amide bonds. The van der Waals surface area contributed by atoms with Crippen molar-refractivity contribution in [1.29, 1.82) is 0 Å². The second kappa shape index (κ2) is 11.2. The van der Waals surface area contributed by atoms with E-state index in [1.54, 1.807) is 11.8 Å². The summed E-state index contributed by atoms with van der Waals surface area (Å²) in [4.78, 5) is 11.8. The minimum atomic E-state index is -0.977. The smallest absolute Gasteiger partial charge is 0.341 e. The summed E-state index contributed by atoms with van der Waals surface area (Å²) in [5.41, 5.74) is 4.99. The molecule has 0 radical (unpaired) electrons. The number of benzene rings is 3. The van der Waals surface area contributed by atoms with Gasteiger partial charge in [0.2, 0.25) is 0 Å². The van der Waals surface area contributed by atoms with Crippen LogP contribution in [0, 0.1) is 3.57 Å². The topological polar surface area (TPSA) is 46.5 Å². The molecule has 5 heteroatoms. The number of hydrogen-bond donors (Lipinski definition) is 1. The molecule has 0 aliphatic carbocycles. The Morgan fingerprint density at radius 3 is 2.50 bits per heavy atom. The third kappa shape index (κ3) is 6.37. The van der Waals surface area contributed by atoms with Crippen LogP contribution in [0.25, 0.3) is 5.57 Å². The van der Waals surface area contributed by atoms with Gasteiger partial charge in [0.1, 0.15) is 5.75 Å². The van der Waals surface area contributed by atoms with Crippen molar-refractivity contribution in [3.63, 3.8) is 0 Å². The largest absolute Gasteiger partial charge is 0.481 e. The second-order valence-corrected chi connectivity index (χ2v) is 8.88. The van der Waals surface area contributed by atoms with E-state index in [2.05, 4.69) is 84.1 Å². The Hall–Kier alpha value is -2.25. The van der Waals surface area contributed by atoms with Gasteiger partial charge in [-0.1, -0.05) is 67.6 Å². The molecule has 0 atom stereocenters. The summed E-state index contributed by atoms with van der Waals surface area (Å²) in [6.07, 6.45) is 3.29. The number of aliphatic carboxylic acids is 1. The molecule has 0 bridgehead atoms. The predicted octanol–water partition coefficient (Wildman–Crippen LogP) is 6.54. The van der Waals surface area contributed by atoms with E-state index < -0.39 is 5.97 Å². The second-order valence-electron chi connectivity index (χ2n) is 6.62. The molecule has 1 N–H and O–H groups in total. The third-order valence-corrected chi connectivity index (χ3v) is 6.29. The van der Waals surface area contributed by atoms with Crippen LogP contribution in [0.3, 0.4) is 0 Å². The van der Waals surface area contributed by atoms with Gasteiger partial charge in [-0.15, -0.1) is 11.8 Å². The Morgan fingerprint density at radius 2 is 1.80 bits per heavy atom. The standard InChI is InChI=1S/C25H23IO3S/c1-2-18-7-6-10-20(15-18)22(19-8-4-3-5-9-19)13-14-30-21-11-12-24(23(26)16-21)29-17-25(27)28/h3-13,15-16H,2,14,17H2,1H3,(H,27,28)/b22-13-. The Morgan fingerprint density at radius 1 is 1.03 bits per heavy atom. The molecule has 0 saturated carbocycles. The lowest BCUT2D eigenvalue weighted by Crippen LogP contribution is -2.10. The van der Waals surface area contributed by atoms with Gasteiger partial charge >= 0.3 is 5.97 Å². The van der Waals surface area contributed by atoms with Crippen molar-refractivity contribution in [2.24, 2.45) is 0 Å². The van der Waals surface area contributed by atoms with Gasteiger partial charge in [0.15, 0.2) is 6.61 Å². The van der Waals surface area contributed by atoms with E-state index in [1.807, 2.05) is 24.3 Å². The van der Waals surface area contributed by atoms with Gasteiger partial charge in [0.05, 0.1) is 3.57 Å². The molecule has 0 spiro atoms. The van der Waals surface area contributed by atoms with Gasteiger partial charge in [-0.3, -0.25) is 0 Å². The molecule has 30 heavy (non-hydrogen) atoms. The first-order valence-electron chi connectivity index (χ1n) is 9.68. The van der Waals surface area contributed by atoms with E-state index in [1.165, 1.54) is 22.3 Å². The zero-order chi connectivity index (χ0) is 21.3. The average Bonchev–Trinajstić information content (AvgIpc) is 2.76. The van der Waals surface area contributed by atoms with Crippen molar-refractivity contribution in [2.75, 3.05) is 12.4 Å². The summed E-state index contributed by atoms with van der Waals surface area (Å²) in [6, 6.07) is 25.0.